The van der Waals surface area contributed by atoms with Gasteiger partial charge in [0.25, 0.3) is 0 Å². The molecule has 0 bridgehead atoms. The zero-order valence-corrected chi connectivity index (χ0v) is 12.5. The fourth-order valence-electron chi connectivity index (χ4n) is 3.22. The van der Waals surface area contributed by atoms with Crippen molar-refractivity contribution in [3.8, 4) is 0 Å². The number of nitrogens with zero attached hydrogens (tertiary/aromatic N) is 1. The minimum atomic E-state index is -1.35. The van der Waals surface area contributed by atoms with Crippen molar-refractivity contribution in [1.82, 2.24) is 0 Å². The first-order chi connectivity index (χ1) is 8.60. The molecule has 1 saturated heterocycles. The van der Waals surface area contributed by atoms with Gasteiger partial charge in [-0.25, -0.2) is 9.79 Å². The van der Waals surface area contributed by atoms with Crippen LogP contribution in [-0.4, -0.2) is 43.2 Å². The third-order valence-electron chi connectivity index (χ3n) is 4.03. The second kappa shape index (κ2) is 3.70. The lowest BCUT2D eigenvalue weighted by Crippen LogP contribution is -2.85. The van der Waals surface area contributed by atoms with Crippen molar-refractivity contribution >= 4 is 11.9 Å². The predicted molar refractivity (Wildman–Crippen MR) is 67.6 cm³/mol. The Hall–Kier alpha value is -1.14. The van der Waals surface area contributed by atoms with Crippen molar-refractivity contribution in [3.05, 3.63) is 0 Å². The second-order valence-corrected chi connectivity index (χ2v) is 6.09. The van der Waals surface area contributed by atoms with Gasteiger partial charge < -0.3 is 14.2 Å². The van der Waals surface area contributed by atoms with Crippen LogP contribution in [0.25, 0.3) is 0 Å². The Labute approximate surface area is 113 Å². The molecule has 2 aliphatic heterocycles. The zero-order chi connectivity index (χ0) is 14.7. The zero-order valence-electron chi connectivity index (χ0n) is 12.5. The average molecular weight is 271 g/mol. The molecule has 2 heterocycles. The molecule has 0 amide bonds. The third kappa shape index (κ3) is 1.33. The summed E-state index contributed by atoms with van der Waals surface area (Å²) in [6.45, 7) is 9.20. The van der Waals surface area contributed by atoms with Gasteiger partial charge >= 0.3 is 11.9 Å². The number of ether oxygens (including phenoxy) is 4. The highest BCUT2D eigenvalue weighted by Crippen LogP contribution is 2.63. The van der Waals surface area contributed by atoms with Crippen molar-refractivity contribution in [2.45, 2.75) is 51.7 Å². The Kier molecular flexibility index (Phi) is 2.78. The smallest absolute Gasteiger partial charge is 0.359 e. The van der Waals surface area contributed by atoms with Crippen molar-refractivity contribution in [2.75, 3.05) is 14.2 Å². The van der Waals surface area contributed by atoms with Crippen LogP contribution in [0.15, 0.2) is 4.99 Å². The molecular weight excluding hydrogens is 250 g/mol. The molecule has 1 fully saturated rings. The average Bonchev–Trinajstić information content (AvgIpc) is 2.49. The van der Waals surface area contributed by atoms with Gasteiger partial charge in [0.05, 0.1) is 7.11 Å². The van der Waals surface area contributed by atoms with E-state index in [0.29, 0.717) is 5.90 Å². The molecule has 0 aromatic carbocycles. The first-order valence-corrected chi connectivity index (χ1v) is 6.19. The molecule has 0 aromatic heterocycles. The largest absolute Gasteiger partial charge is 0.467 e. The number of hydrogen-bond acceptors (Lipinski definition) is 6. The first-order valence-electron chi connectivity index (χ1n) is 6.19. The number of carbonyl (C=O) groups is 1. The minimum Gasteiger partial charge on any atom is -0.467 e. The predicted octanol–water partition coefficient (Wildman–Crippen LogP) is 1.48. The molecule has 19 heavy (non-hydrogen) atoms. The monoisotopic (exact) mass is 271 g/mol. The van der Waals surface area contributed by atoms with E-state index in [2.05, 4.69) is 4.99 Å². The molecule has 0 N–H and O–H groups in total. The summed E-state index contributed by atoms with van der Waals surface area (Å²) in [5.41, 5.74) is -2.76. The van der Waals surface area contributed by atoms with Crippen LogP contribution in [0.1, 0.15) is 34.6 Å². The summed E-state index contributed by atoms with van der Waals surface area (Å²) < 4.78 is 21.7. The minimum absolute atomic E-state index is 0.430. The SMILES string of the molecule is COC(=O)[C@]1(C(C)(C)C)O[C@@]2(OC)OC(C)=N[C@]21C. The van der Waals surface area contributed by atoms with Crippen molar-refractivity contribution < 1.29 is 23.7 Å². The maximum atomic E-state index is 12.3. The van der Waals surface area contributed by atoms with E-state index in [9.17, 15) is 4.79 Å². The van der Waals surface area contributed by atoms with Gasteiger partial charge in [0.1, 0.15) is 0 Å². The van der Waals surface area contributed by atoms with Crippen molar-refractivity contribution in [2.24, 2.45) is 10.4 Å². The summed E-state index contributed by atoms with van der Waals surface area (Å²) in [7, 11) is 2.80. The number of hydrogen-bond donors (Lipinski definition) is 0. The fourth-order valence-corrected chi connectivity index (χ4v) is 3.22. The molecule has 0 radical (unpaired) electrons. The third-order valence-corrected chi connectivity index (χ3v) is 4.03. The van der Waals surface area contributed by atoms with Gasteiger partial charge in [-0.3, -0.25) is 4.74 Å². The lowest BCUT2D eigenvalue weighted by atomic mass is 9.60. The van der Waals surface area contributed by atoms with E-state index < -0.39 is 28.5 Å². The van der Waals surface area contributed by atoms with Crippen LogP contribution < -0.4 is 0 Å². The van der Waals surface area contributed by atoms with Crippen LogP contribution in [0.2, 0.25) is 0 Å². The number of methoxy groups -OCH3 is 2. The van der Waals surface area contributed by atoms with Gasteiger partial charge in [-0.05, 0) is 6.92 Å². The van der Waals surface area contributed by atoms with Gasteiger partial charge in [0.15, 0.2) is 11.4 Å². The van der Waals surface area contributed by atoms with Crippen LogP contribution >= 0.6 is 0 Å². The highest BCUT2D eigenvalue weighted by Gasteiger charge is 2.87. The normalized spacial score (nSPS) is 40.9. The summed E-state index contributed by atoms with van der Waals surface area (Å²) in [5, 5.41) is 0. The fraction of sp³-hybridized carbons (Fsp3) is 0.846. The maximum Gasteiger partial charge on any atom is 0.359 e. The molecule has 3 atom stereocenters. The molecule has 6 nitrogen and oxygen atoms in total. The second-order valence-electron chi connectivity index (χ2n) is 6.09. The Morgan fingerprint density at radius 2 is 1.89 bits per heavy atom. The number of carbonyl (C=O) groups excluding carboxylic acids is 1. The summed E-state index contributed by atoms with van der Waals surface area (Å²) in [6.07, 6.45) is 0. The van der Waals surface area contributed by atoms with E-state index in [1.165, 1.54) is 14.2 Å². The summed E-state index contributed by atoms with van der Waals surface area (Å²) >= 11 is 0. The molecule has 2 rings (SSSR count). The highest BCUT2D eigenvalue weighted by molar-refractivity contribution is 5.88. The molecular formula is C13H21NO5. The lowest BCUT2D eigenvalue weighted by Gasteiger charge is -2.63. The van der Waals surface area contributed by atoms with E-state index >= 15 is 0 Å². The van der Waals surface area contributed by atoms with E-state index in [1.807, 2.05) is 20.8 Å². The maximum absolute atomic E-state index is 12.3. The molecule has 0 aliphatic carbocycles. The number of esters is 1. The summed E-state index contributed by atoms with van der Waals surface area (Å²) in [6, 6.07) is 0. The van der Waals surface area contributed by atoms with Gasteiger partial charge in [-0.15, -0.1) is 0 Å². The Morgan fingerprint density at radius 1 is 1.32 bits per heavy atom. The van der Waals surface area contributed by atoms with E-state index in [0.717, 1.165) is 0 Å². The van der Waals surface area contributed by atoms with Crippen LogP contribution in [0.4, 0.5) is 0 Å². The highest BCUT2D eigenvalue weighted by atomic mass is 16.9. The first kappa shape index (κ1) is 14.3. The lowest BCUT2D eigenvalue weighted by molar-refractivity contribution is -0.496. The van der Waals surface area contributed by atoms with Crippen LogP contribution in [0.5, 0.6) is 0 Å². The molecule has 6 heteroatoms. The van der Waals surface area contributed by atoms with Gasteiger partial charge in [-0.1, -0.05) is 20.8 Å². The Bertz CT molecular complexity index is 454. The standard InChI is InChI=1S/C13H21NO5/c1-8-14-11(5)12(9(15)16-6,10(2,3)4)19-13(11,17-7)18-8/h1-7H3/t11-,12+,13-/m0/s1. The van der Waals surface area contributed by atoms with Crippen molar-refractivity contribution in [3.63, 3.8) is 0 Å². The van der Waals surface area contributed by atoms with Gasteiger partial charge in [0, 0.05) is 19.4 Å². The quantitative estimate of drug-likeness (QED) is 0.712. The topological polar surface area (TPSA) is 66.4 Å². The van der Waals surface area contributed by atoms with E-state index in [4.69, 9.17) is 18.9 Å². The van der Waals surface area contributed by atoms with Crippen LogP contribution in [0.3, 0.4) is 0 Å². The molecule has 0 saturated carbocycles. The summed E-state index contributed by atoms with van der Waals surface area (Å²) in [4.78, 5) is 16.8. The van der Waals surface area contributed by atoms with E-state index in [-0.39, 0.29) is 0 Å². The number of rotatable bonds is 2. The molecule has 0 unspecified atom stereocenters. The number of fused-ring (bicyclic) bond motifs is 1. The molecule has 108 valence electrons. The van der Waals surface area contributed by atoms with Crippen molar-refractivity contribution in [1.29, 1.82) is 0 Å². The van der Waals surface area contributed by atoms with Crippen LogP contribution in [0, 0.1) is 5.41 Å². The molecule has 0 aromatic rings. The summed E-state index contributed by atoms with van der Waals surface area (Å²) in [5.74, 6) is -1.39. The Morgan fingerprint density at radius 3 is 2.32 bits per heavy atom. The van der Waals surface area contributed by atoms with Gasteiger partial charge in [-0.2, -0.15) is 0 Å². The van der Waals surface area contributed by atoms with E-state index in [1.54, 1.807) is 13.8 Å². The molecule has 2 aliphatic rings. The Balaban J connectivity index is 2.59. The molecule has 0 spiro atoms. The van der Waals surface area contributed by atoms with Crippen LogP contribution in [-0.2, 0) is 23.7 Å². The van der Waals surface area contributed by atoms with Gasteiger partial charge in [0.2, 0.25) is 5.60 Å². The number of aliphatic imine (C=N–C) groups is 1.